The Balaban J connectivity index is 1.14. The summed E-state index contributed by atoms with van der Waals surface area (Å²) >= 11 is 0. The van der Waals surface area contributed by atoms with Crippen LogP contribution in [0.3, 0.4) is 0 Å². The highest BCUT2D eigenvalue weighted by atomic mass is 16.3. The number of nitrogens with zero attached hydrogens (tertiary/aromatic N) is 4. The third-order valence-electron chi connectivity index (χ3n) is 10.7. The average Bonchev–Trinajstić information content (AvgIpc) is 3.81. The number of benzene rings is 7. The molecule has 0 spiro atoms. The molecule has 11 rings (SSSR count). The summed E-state index contributed by atoms with van der Waals surface area (Å²) in [5.41, 5.74) is 12.6. The molecular formula is C49H32N4O. The molecule has 0 N–H and O–H groups in total. The van der Waals surface area contributed by atoms with Crippen molar-refractivity contribution in [3.05, 3.63) is 175 Å². The highest BCUT2D eigenvalue weighted by molar-refractivity contribution is 6.17. The van der Waals surface area contributed by atoms with Crippen LogP contribution in [0.1, 0.15) is 17.5 Å². The zero-order valence-corrected chi connectivity index (χ0v) is 29.3. The molecule has 0 saturated heterocycles. The number of furan rings is 1. The van der Waals surface area contributed by atoms with E-state index < -0.39 is 0 Å². The van der Waals surface area contributed by atoms with Crippen LogP contribution in [0.15, 0.2) is 168 Å². The molecule has 3 heterocycles. The highest BCUT2D eigenvalue weighted by Crippen LogP contribution is 2.45. The SMILES string of the molecule is C1=Cc2c(cc(-c3cccc(-c4nc(-c5ccccc5)nc(-c5ccccc5)n4)c3)c3oc4c(-n5c6ccccc6c6ccccc65)cccc4c23)CC1. The molecule has 0 bridgehead atoms. The number of rotatable bonds is 5. The van der Waals surface area contributed by atoms with Crippen molar-refractivity contribution in [1.29, 1.82) is 0 Å². The van der Waals surface area contributed by atoms with Crippen molar-refractivity contribution in [3.63, 3.8) is 0 Å². The molecule has 0 atom stereocenters. The van der Waals surface area contributed by atoms with Crippen LogP contribution in [0.4, 0.5) is 0 Å². The van der Waals surface area contributed by atoms with Gasteiger partial charge in [-0.15, -0.1) is 0 Å². The lowest BCUT2D eigenvalue weighted by Crippen LogP contribution is -2.00. The van der Waals surface area contributed by atoms with Crippen molar-refractivity contribution in [2.24, 2.45) is 0 Å². The second kappa shape index (κ2) is 12.2. The van der Waals surface area contributed by atoms with E-state index in [9.17, 15) is 0 Å². The number of hydrogen-bond donors (Lipinski definition) is 0. The Labute approximate surface area is 311 Å². The first-order chi connectivity index (χ1) is 26.8. The first-order valence-electron chi connectivity index (χ1n) is 18.4. The van der Waals surface area contributed by atoms with Gasteiger partial charge in [-0.3, -0.25) is 0 Å². The first kappa shape index (κ1) is 30.5. The Morgan fingerprint density at radius 1 is 0.481 bits per heavy atom. The number of hydrogen-bond acceptors (Lipinski definition) is 4. The Hall–Kier alpha value is -7.11. The second-order valence-electron chi connectivity index (χ2n) is 13.9. The zero-order chi connectivity index (χ0) is 35.6. The monoisotopic (exact) mass is 692 g/mol. The Morgan fingerprint density at radius 3 is 1.72 bits per heavy atom. The van der Waals surface area contributed by atoms with Crippen molar-refractivity contribution < 1.29 is 4.42 Å². The molecule has 7 aromatic carbocycles. The van der Waals surface area contributed by atoms with Crippen molar-refractivity contribution in [3.8, 4) is 51.0 Å². The van der Waals surface area contributed by atoms with Crippen molar-refractivity contribution >= 4 is 49.8 Å². The lowest BCUT2D eigenvalue weighted by Gasteiger charge is -2.15. The van der Waals surface area contributed by atoms with Crippen molar-refractivity contribution in [1.82, 2.24) is 19.5 Å². The van der Waals surface area contributed by atoms with Gasteiger partial charge in [0, 0.05) is 43.8 Å². The van der Waals surface area contributed by atoms with E-state index in [1.54, 1.807) is 0 Å². The van der Waals surface area contributed by atoms with Gasteiger partial charge in [0.05, 0.1) is 16.7 Å². The van der Waals surface area contributed by atoms with Gasteiger partial charge < -0.3 is 8.98 Å². The molecule has 54 heavy (non-hydrogen) atoms. The average molecular weight is 693 g/mol. The number of fused-ring (bicyclic) bond motifs is 8. The quantitative estimate of drug-likeness (QED) is 0.180. The van der Waals surface area contributed by atoms with Gasteiger partial charge in [-0.25, -0.2) is 15.0 Å². The van der Waals surface area contributed by atoms with Crippen LogP contribution < -0.4 is 0 Å². The Kier molecular flexibility index (Phi) is 6.92. The van der Waals surface area contributed by atoms with E-state index in [0.717, 1.165) is 79.3 Å². The summed E-state index contributed by atoms with van der Waals surface area (Å²) < 4.78 is 9.51. The maximum atomic E-state index is 7.16. The largest absolute Gasteiger partial charge is 0.453 e. The number of aryl methyl sites for hydroxylation is 1. The smallest absolute Gasteiger partial charge is 0.164 e. The van der Waals surface area contributed by atoms with Gasteiger partial charge in [0.2, 0.25) is 0 Å². The number of aromatic nitrogens is 4. The minimum Gasteiger partial charge on any atom is -0.453 e. The molecule has 1 aliphatic carbocycles. The van der Waals surface area contributed by atoms with Crippen LogP contribution in [-0.2, 0) is 6.42 Å². The van der Waals surface area contributed by atoms with Crippen LogP contribution in [-0.4, -0.2) is 19.5 Å². The molecule has 0 aliphatic heterocycles. The summed E-state index contributed by atoms with van der Waals surface area (Å²) in [6.07, 6.45) is 6.55. The van der Waals surface area contributed by atoms with Gasteiger partial charge in [0.15, 0.2) is 23.1 Å². The first-order valence-corrected chi connectivity index (χ1v) is 18.4. The Morgan fingerprint density at radius 2 is 1.04 bits per heavy atom. The standard InChI is InChI=1S/C49H32N4O/c1-3-15-31(16-4-1)47-50-48(32-17-5-2-6-18-32)52-49(51-47)35-21-13-20-33(29-35)40-30-34-19-7-8-22-36(34)44-39-25-14-28-43(45(39)54-46(40)44)53-41-26-11-9-23-37(41)38-24-10-12-27-42(38)53/h1-6,8-18,20-30H,7,19H2. The predicted octanol–water partition coefficient (Wildman–Crippen LogP) is 12.5. The number of para-hydroxylation sites is 3. The summed E-state index contributed by atoms with van der Waals surface area (Å²) in [6, 6.07) is 54.9. The van der Waals surface area contributed by atoms with Crippen molar-refractivity contribution in [2.45, 2.75) is 12.8 Å². The van der Waals surface area contributed by atoms with Gasteiger partial charge >= 0.3 is 0 Å². The third-order valence-corrected chi connectivity index (χ3v) is 10.7. The third kappa shape index (κ3) is 4.82. The molecule has 0 fully saturated rings. The molecule has 1 aliphatic rings. The lowest BCUT2D eigenvalue weighted by atomic mass is 9.89. The van der Waals surface area contributed by atoms with E-state index in [1.165, 1.54) is 21.9 Å². The number of allylic oxidation sites excluding steroid dienone is 1. The molecule has 0 saturated carbocycles. The van der Waals surface area contributed by atoms with E-state index in [4.69, 9.17) is 19.4 Å². The Bertz CT molecular complexity index is 2990. The minimum absolute atomic E-state index is 0.625. The molecular weight excluding hydrogens is 661 g/mol. The lowest BCUT2D eigenvalue weighted by molar-refractivity contribution is 0.667. The molecule has 0 amide bonds. The fourth-order valence-corrected chi connectivity index (χ4v) is 8.21. The normalized spacial score (nSPS) is 12.6. The van der Waals surface area contributed by atoms with E-state index in [1.807, 2.05) is 60.7 Å². The fraction of sp³-hybridized carbons (Fsp3) is 0.0408. The summed E-state index contributed by atoms with van der Waals surface area (Å²) in [5, 5.41) is 4.72. The zero-order valence-electron chi connectivity index (χ0n) is 29.3. The minimum atomic E-state index is 0.625. The molecule has 5 nitrogen and oxygen atoms in total. The summed E-state index contributed by atoms with van der Waals surface area (Å²) in [6.45, 7) is 0. The molecule has 0 unspecified atom stereocenters. The van der Waals surface area contributed by atoms with Crippen LogP contribution in [0.5, 0.6) is 0 Å². The van der Waals surface area contributed by atoms with Crippen molar-refractivity contribution in [2.75, 3.05) is 0 Å². The van der Waals surface area contributed by atoms with E-state index in [2.05, 4.69) is 114 Å². The summed E-state index contributed by atoms with van der Waals surface area (Å²) in [7, 11) is 0. The van der Waals surface area contributed by atoms with Crippen LogP contribution in [0.2, 0.25) is 0 Å². The maximum Gasteiger partial charge on any atom is 0.164 e. The second-order valence-corrected chi connectivity index (χ2v) is 13.9. The highest BCUT2D eigenvalue weighted by Gasteiger charge is 2.23. The van der Waals surface area contributed by atoms with Gasteiger partial charge in [0.1, 0.15) is 5.58 Å². The summed E-state index contributed by atoms with van der Waals surface area (Å²) in [4.78, 5) is 15.0. The molecule has 254 valence electrons. The van der Waals surface area contributed by atoms with E-state index >= 15 is 0 Å². The van der Waals surface area contributed by atoms with Crippen LogP contribution in [0, 0.1) is 0 Å². The topological polar surface area (TPSA) is 56.7 Å². The molecule has 10 aromatic rings. The van der Waals surface area contributed by atoms with E-state index in [-0.39, 0.29) is 0 Å². The van der Waals surface area contributed by atoms with Gasteiger partial charge in [-0.1, -0.05) is 140 Å². The fourth-order valence-electron chi connectivity index (χ4n) is 8.21. The van der Waals surface area contributed by atoms with Gasteiger partial charge in [-0.2, -0.15) is 0 Å². The van der Waals surface area contributed by atoms with E-state index in [0.29, 0.717) is 17.5 Å². The van der Waals surface area contributed by atoms with Crippen LogP contribution >= 0.6 is 0 Å². The predicted molar refractivity (Wildman–Crippen MR) is 221 cm³/mol. The van der Waals surface area contributed by atoms with Gasteiger partial charge in [0.25, 0.3) is 0 Å². The molecule has 5 heteroatoms. The maximum absolute atomic E-state index is 7.16. The summed E-state index contributed by atoms with van der Waals surface area (Å²) in [5.74, 6) is 1.91. The molecule has 0 radical (unpaired) electrons. The van der Waals surface area contributed by atoms with Gasteiger partial charge in [-0.05, 0) is 59.9 Å². The van der Waals surface area contributed by atoms with Crippen LogP contribution in [0.25, 0.3) is 101 Å². The molecule has 3 aromatic heterocycles.